The number of hydrogen-bond donors (Lipinski definition) is 1. The van der Waals surface area contributed by atoms with Crippen LogP contribution >= 0.6 is 15.9 Å². The molecule has 0 saturated heterocycles. The molecule has 0 atom stereocenters. The van der Waals surface area contributed by atoms with Crippen molar-refractivity contribution in [1.29, 1.82) is 0 Å². The van der Waals surface area contributed by atoms with E-state index in [4.69, 9.17) is 9.15 Å². The molecule has 0 spiro atoms. The van der Waals surface area contributed by atoms with Gasteiger partial charge in [-0.2, -0.15) is 0 Å². The van der Waals surface area contributed by atoms with Gasteiger partial charge in [0.05, 0.1) is 5.56 Å². The Bertz CT molecular complexity index is 1160. The number of nitrogens with zero attached hydrogens (tertiary/aromatic N) is 2. The number of para-hydroxylation sites is 1. The summed E-state index contributed by atoms with van der Waals surface area (Å²) >= 11 is 3.39. The van der Waals surface area contributed by atoms with Crippen LogP contribution in [0.15, 0.2) is 69.8 Å². The van der Waals surface area contributed by atoms with Crippen LogP contribution in [0.1, 0.15) is 5.56 Å². The second kappa shape index (κ2) is 7.82. The van der Waals surface area contributed by atoms with Gasteiger partial charge in [0, 0.05) is 22.6 Å². The van der Waals surface area contributed by atoms with Crippen molar-refractivity contribution in [2.24, 2.45) is 0 Å². The lowest BCUT2D eigenvalue weighted by atomic mass is 10.2. The van der Waals surface area contributed by atoms with Crippen molar-refractivity contribution in [2.45, 2.75) is 6.92 Å². The lowest BCUT2D eigenvalue weighted by molar-refractivity contribution is -0.118. The number of carbonyl (C=O) groups is 1. The fraction of sp³-hybridized carbons (Fsp3) is 0.0952. The van der Waals surface area contributed by atoms with Gasteiger partial charge in [0.1, 0.15) is 11.3 Å². The normalized spacial score (nSPS) is 10.8. The van der Waals surface area contributed by atoms with Crippen LogP contribution in [0.25, 0.3) is 22.6 Å². The van der Waals surface area contributed by atoms with E-state index in [1.54, 1.807) is 30.6 Å². The van der Waals surface area contributed by atoms with Gasteiger partial charge in [-0.05, 0) is 58.7 Å². The Morgan fingerprint density at radius 3 is 2.86 bits per heavy atom. The molecule has 2 aromatic heterocycles. The largest absolute Gasteiger partial charge is 0.483 e. The van der Waals surface area contributed by atoms with Crippen LogP contribution in [0, 0.1) is 6.92 Å². The van der Waals surface area contributed by atoms with Gasteiger partial charge in [-0.1, -0.05) is 18.2 Å². The van der Waals surface area contributed by atoms with Crippen LogP contribution in [0.3, 0.4) is 0 Å². The van der Waals surface area contributed by atoms with Crippen LogP contribution in [0.4, 0.5) is 5.69 Å². The van der Waals surface area contributed by atoms with Gasteiger partial charge < -0.3 is 14.5 Å². The fourth-order valence-corrected chi connectivity index (χ4v) is 3.08. The summed E-state index contributed by atoms with van der Waals surface area (Å²) in [6, 6.07) is 14.7. The van der Waals surface area contributed by atoms with Gasteiger partial charge in [-0.25, -0.2) is 4.98 Å². The summed E-state index contributed by atoms with van der Waals surface area (Å²) in [5.74, 6) is 0.912. The van der Waals surface area contributed by atoms with E-state index in [0.29, 0.717) is 28.4 Å². The number of carbonyl (C=O) groups excluding carboxylic acids is 1. The molecule has 0 fully saturated rings. The SMILES string of the molecule is Cc1ccccc1OCC(=O)Nc1ccc2oc(-c3cncc(Br)c3)nc2c1. The number of rotatable bonds is 5. The number of aromatic nitrogens is 2. The molecule has 4 rings (SSSR count). The molecule has 28 heavy (non-hydrogen) atoms. The highest BCUT2D eigenvalue weighted by Gasteiger charge is 2.11. The average Bonchev–Trinajstić information content (AvgIpc) is 3.11. The van der Waals surface area contributed by atoms with E-state index in [1.807, 2.05) is 37.3 Å². The second-order valence-corrected chi connectivity index (χ2v) is 7.11. The third-order valence-electron chi connectivity index (χ3n) is 4.08. The molecule has 2 aromatic carbocycles. The van der Waals surface area contributed by atoms with Crippen LogP contribution in [0.5, 0.6) is 5.75 Å². The Balaban J connectivity index is 1.47. The van der Waals surface area contributed by atoms with Crippen molar-refractivity contribution in [2.75, 3.05) is 11.9 Å². The smallest absolute Gasteiger partial charge is 0.262 e. The molecule has 0 unspecified atom stereocenters. The number of anilines is 1. The number of oxazole rings is 1. The number of pyridine rings is 1. The standard InChI is InChI=1S/C21H16BrN3O3/c1-13-4-2-3-5-18(13)27-12-20(26)24-16-6-7-19-17(9-16)25-21(28-19)14-8-15(22)11-23-10-14/h2-11H,12H2,1H3,(H,24,26). The predicted octanol–water partition coefficient (Wildman–Crippen LogP) is 4.98. The number of hydrogen-bond acceptors (Lipinski definition) is 5. The van der Waals surface area contributed by atoms with E-state index < -0.39 is 0 Å². The molecule has 0 aliphatic heterocycles. The molecule has 1 N–H and O–H groups in total. The van der Waals surface area contributed by atoms with Gasteiger partial charge >= 0.3 is 0 Å². The maximum Gasteiger partial charge on any atom is 0.262 e. The van der Waals surface area contributed by atoms with Gasteiger partial charge in [0.15, 0.2) is 12.2 Å². The number of halogens is 1. The zero-order valence-electron chi connectivity index (χ0n) is 15.0. The van der Waals surface area contributed by atoms with Crippen molar-refractivity contribution in [3.05, 3.63) is 71.0 Å². The highest BCUT2D eigenvalue weighted by atomic mass is 79.9. The fourth-order valence-electron chi connectivity index (χ4n) is 2.72. The number of aryl methyl sites for hydroxylation is 1. The van der Waals surface area contributed by atoms with Crippen LogP contribution in [0.2, 0.25) is 0 Å². The topological polar surface area (TPSA) is 77.2 Å². The van der Waals surface area contributed by atoms with Crippen molar-refractivity contribution < 1.29 is 13.9 Å². The Kier molecular flexibility index (Phi) is 5.08. The van der Waals surface area contributed by atoms with Crippen LogP contribution in [-0.4, -0.2) is 22.5 Å². The van der Waals surface area contributed by atoms with Crippen molar-refractivity contribution in [3.8, 4) is 17.2 Å². The molecule has 4 aromatic rings. The number of amides is 1. The van der Waals surface area contributed by atoms with Gasteiger partial charge in [0.2, 0.25) is 5.89 Å². The first kappa shape index (κ1) is 18.2. The Hall–Kier alpha value is -3.19. The summed E-state index contributed by atoms with van der Waals surface area (Å²) in [5, 5.41) is 2.82. The minimum Gasteiger partial charge on any atom is -0.483 e. The summed E-state index contributed by atoms with van der Waals surface area (Å²) in [5.41, 5.74) is 3.64. The maximum absolute atomic E-state index is 12.2. The predicted molar refractivity (Wildman–Crippen MR) is 110 cm³/mol. The number of ether oxygens (including phenoxy) is 1. The summed E-state index contributed by atoms with van der Waals surface area (Å²) < 4.78 is 12.2. The first-order chi connectivity index (χ1) is 13.6. The third kappa shape index (κ3) is 4.04. The van der Waals surface area contributed by atoms with Crippen molar-refractivity contribution >= 4 is 38.6 Å². The first-order valence-corrected chi connectivity index (χ1v) is 9.37. The molecular weight excluding hydrogens is 422 g/mol. The molecule has 1 amide bonds. The van der Waals surface area contributed by atoms with Crippen LogP contribution < -0.4 is 10.1 Å². The zero-order chi connectivity index (χ0) is 19.5. The zero-order valence-corrected chi connectivity index (χ0v) is 16.6. The first-order valence-electron chi connectivity index (χ1n) is 8.58. The summed E-state index contributed by atoms with van der Waals surface area (Å²) in [6.07, 6.45) is 3.37. The molecule has 7 heteroatoms. The molecule has 0 radical (unpaired) electrons. The molecule has 0 bridgehead atoms. The lowest BCUT2D eigenvalue weighted by Crippen LogP contribution is -2.20. The molecule has 140 valence electrons. The Labute approximate surface area is 169 Å². The molecule has 0 aliphatic rings. The maximum atomic E-state index is 12.2. The molecular formula is C21H16BrN3O3. The summed E-state index contributed by atoms with van der Waals surface area (Å²) in [7, 11) is 0. The lowest BCUT2D eigenvalue weighted by Gasteiger charge is -2.09. The number of nitrogens with one attached hydrogen (secondary N) is 1. The van der Waals surface area contributed by atoms with Crippen molar-refractivity contribution in [1.82, 2.24) is 9.97 Å². The Morgan fingerprint density at radius 1 is 1.18 bits per heavy atom. The highest BCUT2D eigenvalue weighted by molar-refractivity contribution is 9.10. The van der Waals surface area contributed by atoms with E-state index in [1.165, 1.54) is 0 Å². The van der Waals surface area contributed by atoms with E-state index in [2.05, 4.69) is 31.2 Å². The van der Waals surface area contributed by atoms with Gasteiger partial charge in [-0.15, -0.1) is 0 Å². The molecule has 6 nitrogen and oxygen atoms in total. The summed E-state index contributed by atoms with van der Waals surface area (Å²) in [6.45, 7) is 1.86. The quantitative estimate of drug-likeness (QED) is 0.476. The van der Waals surface area contributed by atoms with Gasteiger partial charge in [-0.3, -0.25) is 9.78 Å². The van der Waals surface area contributed by atoms with E-state index in [-0.39, 0.29) is 12.5 Å². The molecule has 0 aliphatic carbocycles. The molecule has 2 heterocycles. The Morgan fingerprint density at radius 2 is 2.04 bits per heavy atom. The monoisotopic (exact) mass is 437 g/mol. The van der Waals surface area contributed by atoms with E-state index in [9.17, 15) is 4.79 Å². The minimum absolute atomic E-state index is 0.0728. The van der Waals surface area contributed by atoms with E-state index >= 15 is 0 Å². The third-order valence-corrected chi connectivity index (χ3v) is 4.51. The second-order valence-electron chi connectivity index (χ2n) is 6.20. The average molecular weight is 438 g/mol. The van der Waals surface area contributed by atoms with E-state index in [0.717, 1.165) is 15.6 Å². The minimum atomic E-state index is -0.248. The van der Waals surface area contributed by atoms with Crippen LogP contribution in [-0.2, 0) is 4.79 Å². The highest BCUT2D eigenvalue weighted by Crippen LogP contribution is 2.27. The summed E-state index contributed by atoms with van der Waals surface area (Å²) in [4.78, 5) is 20.8. The molecule has 0 saturated carbocycles. The van der Waals surface area contributed by atoms with Crippen molar-refractivity contribution in [3.63, 3.8) is 0 Å². The van der Waals surface area contributed by atoms with Gasteiger partial charge in [0.25, 0.3) is 5.91 Å². The number of fused-ring (bicyclic) bond motifs is 1. The number of benzene rings is 2.